The van der Waals surface area contributed by atoms with Crippen molar-refractivity contribution in [1.82, 2.24) is 0 Å². The zero-order chi connectivity index (χ0) is 9.86. The Kier molecular flexibility index (Phi) is 3.07. The second kappa shape index (κ2) is 4.31. The van der Waals surface area contributed by atoms with Gasteiger partial charge in [-0.25, -0.2) is 0 Å². The lowest BCUT2D eigenvalue weighted by molar-refractivity contribution is 0.381. The number of hydrogen-bond donors (Lipinski definition) is 0. The Balaban J connectivity index is 1.88. The molecule has 0 atom stereocenters. The third-order valence-electron chi connectivity index (χ3n) is 3.67. The molecule has 1 aliphatic rings. The van der Waals surface area contributed by atoms with Gasteiger partial charge >= 0.3 is 0 Å². The Morgan fingerprint density at radius 3 is 2.43 bits per heavy atom. The van der Waals surface area contributed by atoms with Crippen molar-refractivity contribution in [3.8, 4) is 0 Å². The molecule has 0 heterocycles. The number of rotatable bonds is 3. The molecule has 14 heavy (non-hydrogen) atoms. The molecule has 0 aromatic heterocycles. The maximum absolute atomic E-state index is 2.50. The Hall–Kier alpha value is -0.563. The van der Waals surface area contributed by atoms with Crippen LogP contribution >= 0.6 is 0 Å². The van der Waals surface area contributed by atoms with E-state index in [0.29, 0.717) is 5.41 Å². The molecule has 0 amide bonds. The second-order valence-corrected chi connectivity index (χ2v) is 6.82. The van der Waals surface area contributed by atoms with E-state index in [1.807, 2.05) is 0 Å². The van der Waals surface area contributed by atoms with Gasteiger partial charge in [0.25, 0.3) is 0 Å². The van der Waals surface area contributed by atoms with Crippen LogP contribution in [-0.4, -0.2) is 9.52 Å². The van der Waals surface area contributed by atoms with Gasteiger partial charge in [-0.05, 0) is 18.3 Å². The van der Waals surface area contributed by atoms with E-state index in [4.69, 9.17) is 0 Å². The van der Waals surface area contributed by atoms with Crippen LogP contribution < -0.4 is 5.19 Å². The van der Waals surface area contributed by atoms with Crippen LogP contribution in [0.5, 0.6) is 0 Å². The molecule has 1 fully saturated rings. The molecule has 0 bridgehead atoms. The Morgan fingerprint density at radius 2 is 1.79 bits per heavy atom. The SMILES string of the molecule is CC1(C[SiH2]c2ccccc2)CCCC1. The number of hydrogen-bond acceptors (Lipinski definition) is 0. The van der Waals surface area contributed by atoms with Crippen LogP contribution in [-0.2, 0) is 0 Å². The van der Waals surface area contributed by atoms with Crippen LogP contribution in [0.15, 0.2) is 30.3 Å². The van der Waals surface area contributed by atoms with Crippen LogP contribution in [0, 0.1) is 5.41 Å². The van der Waals surface area contributed by atoms with Gasteiger partial charge in [0.2, 0.25) is 0 Å². The highest BCUT2D eigenvalue weighted by atomic mass is 28.2. The summed E-state index contributed by atoms with van der Waals surface area (Å²) in [4.78, 5) is 0. The summed E-state index contributed by atoms with van der Waals surface area (Å²) >= 11 is 0. The van der Waals surface area contributed by atoms with E-state index in [9.17, 15) is 0 Å². The molecule has 1 aromatic carbocycles. The summed E-state index contributed by atoms with van der Waals surface area (Å²) in [6, 6.07) is 12.6. The standard InChI is InChI=1S/C13H20Si/c1-13(9-5-6-10-13)11-14-12-7-3-2-4-8-12/h2-4,7-8H,5-6,9-11,14H2,1H3. The first kappa shape index (κ1) is 9.97. The average Bonchev–Trinajstić information content (AvgIpc) is 2.65. The molecule has 1 heteroatoms. The largest absolute Gasteiger partial charge is 0.0669 e. The van der Waals surface area contributed by atoms with Gasteiger partial charge in [0.15, 0.2) is 0 Å². The van der Waals surface area contributed by atoms with Crippen LogP contribution in [0.3, 0.4) is 0 Å². The maximum Gasteiger partial charge on any atom is 0.0552 e. The van der Waals surface area contributed by atoms with Crippen molar-refractivity contribution in [2.45, 2.75) is 38.7 Å². The lowest BCUT2D eigenvalue weighted by Gasteiger charge is -2.22. The molecule has 1 aliphatic carbocycles. The fourth-order valence-corrected chi connectivity index (χ4v) is 4.57. The van der Waals surface area contributed by atoms with Crippen molar-refractivity contribution < 1.29 is 0 Å². The Morgan fingerprint density at radius 1 is 1.14 bits per heavy atom. The quantitative estimate of drug-likeness (QED) is 0.664. The van der Waals surface area contributed by atoms with E-state index in [2.05, 4.69) is 37.3 Å². The minimum Gasteiger partial charge on any atom is -0.0669 e. The van der Waals surface area contributed by atoms with E-state index < -0.39 is 0 Å². The molecular weight excluding hydrogens is 184 g/mol. The summed E-state index contributed by atoms with van der Waals surface area (Å²) in [7, 11) is 0.00245. The smallest absolute Gasteiger partial charge is 0.0552 e. The fraction of sp³-hybridized carbons (Fsp3) is 0.538. The van der Waals surface area contributed by atoms with Crippen molar-refractivity contribution in [2.75, 3.05) is 0 Å². The monoisotopic (exact) mass is 204 g/mol. The first-order valence-electron chi connectivity index (χ1n) is 5.82. The van der Waals surface area contributed by atoms with Crippen LogP contribution in [0.25, 0.3) is 0 Å². The van der Waals surface area contributed by atoms with Gasteiger partial charge in [-0.15, -0.1) is 0 Å². The molecule has 1 aromatic rings. The van der Waals surface area contributed by atoms with E-state index >= 15 is 0 Å². The molecule has 2 rings (SSSR count). The normalized spacial score (nSPS) is 20.6. The predicted molar refractivity (Wildman–Crippen MR) is 66.0 cm³/mol. The first-order chi connectivity index (χ1) is 6.79. The Labute approximate surface area is 89.6 Å². The summed E-state index contributed by atoms with van der Waals surface area (Å²) in [6.07, 6.45) is 5.90. The molecule has 0 unspecified atom stereocenters. The first-order valence-corrected chi connectivity index (χ1v) is 7.53. The van der Waals surface area contributed by atoms with E-state index in [-0.39, 0.29) is 9.52 Å². The summed E-state index contributed by atoms with van der Waals surface area (Å²) in [5, 5.41) is 1.64. The third kappa shape index (κ3) is 2.47. The molecule has 0 N–H and O–H groups in total. The van der Waals surface area contributed by atoms with Gasteiger partial charge < -0.3 is 0 Å². The molecular formula is C13H20Si. The lowest BCUT2D eigenvalue weighted by atomic mass is 9.92. The molecule has 0 nitrogen and oxygen atoms in total. The summed E-state index contributed by atoms with van der Waals surface area (Å²) in [5.41, 5.74) is 0.710. The van der Waals surface area contributed by atoms with Crippen LogP contribution in [0.4, 0.5) is 0 Å². The van der Waals surface area contributed by atoms with E-state index in [1.165, 1.54) is 31.7 Å². The Bertz CT molecular complexity index is 273. The van der Waals surface area contributed by atoms with Crippen molar-refractivity contribution in [3.05, 3.63) is 30.3 Å². The minimum absolute atomic E-state index is 0.00245. The summed E-state index contributed by atoms with van der Waals surface area (Å²) in [5.74, 6) is 0. The van der Waals surface area contributed by atoms with Crippen LogP contribution in [0.1, 0.15) is 32.6 Å². The molecule has 0 aliphatic heterocycles. The zero-order valence-electron chi connectivity index (χ0n) is 9.13. The van der Waals surface area contributed by atoms with Gasteiger partial charge in [-0.2, -0.15) is 0 Å². The summed E-state index contributed by atoms with van der Waals surface area (Å²) in [6.45, 7) is 2.50. The highest BCUT2D eigenvalue weighted by molar-refractivity contribution is 6.53. The van der Waals surface area contributed by atoms with Crippen molar-refractivity contribution in [2.24, 2.45) is 5.41 Å². The van der Waals surface area contributed by atoms with E-state index in [0.717, 1.165) is 0 Å². The molecule has 0 radical (unpaired) electrons. The van der Waals surface area contributed by atoms with Crippen LogP contribution in [0.2, 0.25) is 6.04 Å². The van der Waals surface area contributed by atoms with E-state index in [1.54, 1.807) is 5.19 Å². The van der Waals surface area contributed by atoms with Gasteiger partial charge in [0.05, 0.1) is 9.52 Å². The number of benzene rings is 1. The van der Waals surface area contributed by atoms with Crippen molar-refractivity contribution >= 4 is 14.7 Å². The average molecular weight is 204 g/mol. The second-order valence-electron chi connectivity index (χ2n) is 5.00. The van der Waals surface area contributed by atoms with Gasteiger partial charge in [-0.3, -0.25) is 0 Å². The highest BCUT2D eigenvalue weighted by Crippen LogP contribution is 2.40. The molecule has 0 saturated heterocycles. The predicted octanol–water partition coefficient (Wildman–Crippen LogP) is 2.48. The third-order valence-corrected chi connectivity index (χ3v) is 6.18. The topological polar surface area (TPSA) is 0 Å². The van der Waals surface area contributed by atoms with Gasteiger partial charge in [-0.1, -0.05) is 61.3 Å². The summed E-state index contributed by atoms with van der Waals surface area (Å²) < 4.78 is 0. The minimum atomic E-state index is 0.00245. The maximum atomic E-state index is 2.50. The molecule has 76 valence electrons. The van der Waals surface area contributed by atoms with Gasteiger partial charge in [0.1, 0.15) is 0 Å². The highest BCUT2D eigenvalue weighted by Gasteiger charge is 2.27. The molecule has 0 spiro atoms. The fourth-order valence-electron chi connectivity index (χ4n) is 2.57. The zero-order valence-corrected chi connectivity index (χ0v) is 10.5. The van der Waals surface area contributed by atoms with Crippen molar-refractivity contribution in [3.63, 3.8) is 0 Å². The van der Waals surface area contributed by atoms with Crippen molar-refractivity contribution in [1.29, 1.82) is 0 Å². The van der Waals surface area contributed by atoms with Gasteiger partial charge in [0, 0.05) is 0 Å². The molecule has 1 saturated carbocycles. The lowest BCUT2D eigenvalue weighted by Crippen LogP contribution is -2.21.